The van der Waals surface area contributed by atoms with Crippen molar-refractivity contribution in [3.8, 4) is 5.75 Å². The van der Waals surface area contributed by atoms with Gasteiger partial charge in [0.05, 0.1) is 12.7 Å². The molecule has 11 heteroatoms. The number of benzene rings is 2. The molecule has 1 aliphatic heterocycles. The third-order valence-corrected chi connectivity index (χ3v) is 6.33. The van der Waals surface area contributed by atoms with E-state index in [0.29, 0.717) is 18.6 Å². The first-order chi connectivity index (χ1) is 17.1. The second kappa shape index (κ2) is 12.4. The molecule has 1 aromatic heterocycles. The van der Waals surface area contributed by atoms with E-state index in [-0.39, 0.29) is 25.9 Å². The molecule has 0 spiro atoms. The van der Waals surface area contributed by atoms with E-state index in [4.69, 9.17) is 18.5 Å². The Morgan fingerprint density at radius 3 is 2.54 bits per heavy atom. The van der Waals surface area contributed by atoms with Gasteiger partial charge in [0.25, 0.3) is 5.56 Å². The van der Waals surface area contributed by atoms with Crippen molar-refractivity contribution in [2.45, 2.75) is 31.8 Å². The Labute approximate surface area is 202 Å². The summed E-state index contributed by atoms with van der Waals surface area (Å²) < 4.78 is 24.4. The second-order valence-corrected chi connectivity index (χ2v) is 9.02. The summed E-state index contributed by atoms with van der Waals surface area (Å²) in [5, 5.41) is 2.98. The molecule has 0 saturated carbocycles. The standard InChI is InChI=1S/C24H26N3O7P/c28-21-13-14-27(24(30)26-21)22-12-11-20(33-22)17-32-35(34-19-9-5-2-6-10-19)25-15-23(29)31-16-18-7-3-1-4-8-18/h1-10,13-14,20,22,25H,11-12,15-17H2,(H,26,28,30)/t20-,22+,35?/m0/s1. The number of carbonyl (C=O) groups is 1. The summed E-state index contributed by atoms with van der Waals surface area (Å²) >= 11 is 0. The van der Waals surface area contributed by atoms with Crippen molar-refractivity contribution in [3.05, 3.63) is 99.3 Å². The molecule has 1 saturated heterocycles. The van der Waals surface area contributed by atoms with E-state index in [9.17, 15) is 14.4 Å². The normalized spacial score (nSPS) is 18.2. The van der Waals surface area contributed by atoms with Gasteiger partial charge in [0.1, 0.15) is 25.1 Å². The number of rotatable bonds is 11. The highest BCUT2D eigenvalue weighted by Crippen LogP contribution is 2.37. The van der Waals surface area contributed by atoms with Gasteiger partial charge in [-0.1, -0.05) is 48.5 Å². The molecule has 1 aliphatic rings. The third kappa shape index (κ3) is 7.60. The summed E-state index contributed by atoms with van der Waals surface area (Å²) in [6.07, 6.45) is 1.90. The number of H-pyrrole nitrogens is 1. The average Bonchev–Trinajstić information content (AvgIpc) is 3.34. The molecule has 2 aromatic carbocycles. The lowest BCUT2D eigenvalue weighted by molar-refractivity contribution is -0.143. The minimum Gasteiger partial charge on any atom is -0.460 e. The van der Waals surface area contributed by atoms with E-state index in [0.717, 1.165) is 5.56 Å². The van der Waals surface area contributed by atoms with Gasteiger partial charge in [0.15, 0.2) is 0 Å². The fourth-order valence-corrected chi connectivity index (χ4v) is 4.50. The quantitative estimate of drug-likeness (QED) is 0.305. The van der Waals surface area contributed by atoms with Crippen molar-refractivity contribution in [1.29, 1.82) is 0 Å². The van der Waals surface area contributed by atoms with Crippen LogP contribution in [0.25, 0.3) is 0 Å². The van der Waals surface area contributed by atoms with E-state index in [1.54, 1.807) is 12.1 Å². The summed E-state index contributed by atoms with van der Waals surface area (Å²) in [7, 11) is -1.68. The van der Waals surface area contributed by atoms with Crippen LogP contribution in [0.15, 0.2) is 82.5 Å². The van der Waals surface area contributed by atoms with E-state index in [1.165, 1.54) is 16.8 Å². The van der Waals surface area contributed by atoms with Crippen molar-refractivity contribution in [1.82, 2.24) is 14.6 Å². The lowest BCUT2D eigenvalue weighted by atomic mass is 10.2. The first-order valence-electron chi connectivity index (χ1n) is 11.1. The molecule has 4 rings (SSSR count). The van der Waals surface area contributed by atoms with Gasteiger partial charge in [-0.15, -0.1) is 0 Å². The predicted octanol–water partition coefficient (Wildman–Crippen LogP) is 2.87. The Morgan fingerprint density at radius 2 is 1.80 bits per heavy atom. The molecule has 1 fully saturated rings. The molecule has 2 N–H and O–H groups in total. The number of para-hydroxylation sites is 1. The molecular formula is C24H26N3O7P. The molecule has 3 atom stereocenters. The Balaban J connectivity index is 1.29. The van der Waals surface area contributed by atoms with Crippen LogP contribution in [0.2, 0.25) is 0 Å². The van der Waals surface area contributed by atoms with Crippen molar-refractivity contribution in [2.75, 3.05) is 13.2 Å². The average molecular weight is 499 g/mol. The minimum absolute atomic E-state index is 0.0910. The molecule has 0 radical (unpaired) electrons. The zero-order valence-corrected chi connectivity index (χ0v) is 19.8. The van der Waals surface area contributed by atoms with Crippen LogP contribution in [0.5, 0.6) is 5.75 Å². The highest BCUT2D eigenvalue weighted by atomic mass is 31.2. The van der Waals surface area contributed by atoms with Crippen molar-refractivity contribution < 1.29 is 23.3 Å². The summed E-state index contributed by atoms with van der Waals surface area (Å²) in [6, 6.07) is 19.8. The summed E-state index contributed by atoms with van der Waals surface area (Å²) in [4.78, 5) is 37.8. The molecular weight excluding hydrogens is 473 g/mol. The monoisotopic (exact) mass is 499 g/mol. The SMILES string of the molecule is O=C(CNP(OC[C@@H]1CC[C@H](n2ccc(=O)[nH]c2=O)O1)Oc1ccccc1)OCc1ccccc1. The van der Waals surface area contributed by atoms with Gasteiger partial charge < -0.3 is 18.5 Å². The van der Waals surface area contributed by atoms with Crippen LogP contribution in [-0.4, -0.2) is 34.8 Å². The number of ether oxygens (including phenoxy) is 2. The Hall–Kier alpha value is -3.30. The molecule has 10 nitrogen and oxygen atoms in total. The molecule has 2 heterocycles. The maximum atomic E-state index is 12.2. The number of hydrogen-bond acceptors (Lipinski definition) is 8. The zero-order valence-electron chi connectivity index (χ0n) is 18.9. The Morgan fingerprint density at radius 1 is 1.06 bits per heavy atom. The highest BCUT2D eigenvalue weighted by Gasteiger charge is 2.29. The van der Waals surface area contributed by atoms with Gasteiger partial charge in [-0.2, -0.15) is 0 Å². The molecule has 0 bridgehead atoms. The maximum absolute atomic E-state index is 12.2. The van der Waals surface area contributed by atoms with Crippen LogP contribution in [-0.2, 0) is 25.4 Å². The molecule has 3 aromatic rings. The van der Waals surface area contributed by atoms with Crippen molar-refractivity contribution in [2.24, 2.45) is 0 Å². The maximum Gasteiger partial charge on any atom is 0.330 e. The fourth-order valence-electron chi connectivity index (χ4n) is 3.42. The van der Waals surface area contributed by atoms with Gasteiger partial charge in [-0.25, -0.2) is 9.88 Å². The van der Waals surface area contributed by atoms with Crippen LogP contribution in [0.1, 0.15) is 24.6 Å². The Bertz CT molecular complexity index is 1200. The Kier molecular flexibility index (Phi) is 8.80. The van der Waals surface area contributed by atoms with Gasteiger partial charge in [0.2, 0.25) is 0 Å². The number of esters is 1. The van der Waals surface area contributed by atoms with Crippen molar-refractivity contribution in [3.63, 3.8) is 0 Å². The minimum atomic E-state index is -1.68. The summed E-state index contributed by atoms with van der Waals surface area (Å²) in [5.41, 5.74) is -0.0787. The predicted molar refractivity (Wildman–Crippen MR) is 129 cm³/mol. The lowest BCUT2D eigenvalue weighted by Crippen LogP contribution is -2.31. The van der Waals surface area contributed by atoms with Crippen LogP contribution in [0.4, 0.5) is 0 Å². The first-order valence-corrected chi connectivity index (χ1v) is 12.3. The second-order valence-electron chi connectivity index (χ2n) is 7.75. The summed E-state index contributed by atoms with van der Waals surface area (Å²) in [6.45, 7) is 0.284. The topological polar surface area (TPSA) is 121 Å². The van der Waals surface area contributed by atoms with Gasteiger partial charge >= 0.3 is 20.2 Å². The van der Waals surface area contributed by atoms with Crippen molar-refractivity contribution >= 4 is 14.5 Å². The number of aromatic amines is 1. The molecule has 0 aliphatic carbocycles. The zero-order chi connectivity index (χ0) is 24.5. The van der Waals surface area contributed by atoms with Crippen LogP contribution in [0.3, 0.4) is 0 Å². The summed E-state index contributed by atoms with van der Waals surface area (Å²) in [5.74, 6) is 0.157. The number of carbonyl (C=O) groups excluding carboxylic acids is 1. The smallest absolute Gasteiger partial charge is 0.330 e. The van der Waals surface area contributed by atoms with Gasteiger partial charge in [0, 0.05) is 12.3 Å². The van der Waals surface area contributed by atoms with E-state index in [1.807, 2.05) is 48.5 Å². The molecule has 1 unspecified atom stereocenters. The van der Waals surface area contributed by atoms with E-state index in [2.05, 4.69) is 10.1 Å². The van der Waals surface area contributed by atoms with Gasteiger partial charge in [-0.05, 0) is 30.5 Å². The van der Waals surface area contributed by atoms with Crippen LogP contribution in [0, 0.1) is 0 Å². The first kappa shape index (κ1) is 24.8. The highest BCUT2D eigenvalue weighted by molar-refractivity contribution is 7.45. The third-order valence-electron chi connectivity index (χ3n) is 5.15. The molecule has 35 heavy (non-hydrogen) atoms. The van der Waals surface area contributed by atoms with Crippen LogP contribution >= 0.6 is 8.53 Å². The van der Waals surface area contributed by atoms with Crippen LogP contribution < -0.4 is 20.9 Å². The fraction of sp³-hybridized carbons (Fsp3) is 0.292. The lowest BCUT2D eigenvalue weighted by Gasteiger charge is -2.21. The van der Waals surface area contributed by atoms with E-state index >= 15 is 0 Å². The van der Waals surface area contributed by atoms with Gasteiger partial charge in [-0.3, -0.25) is 19.1 Å². The number of hydrogen-bond donors (Lipinski definition) is 2. The number of nitrogens with one attached hydrogen (secondary N) is 2. The molecule has 0 amide bonds. The number of nitrogens with zero attached hydrogens (tertiary/aromatic N) is 1. The largest absolute Gasteiger partial charge is 0.460 e. The van der Waals surface area contributed by atoms with E-state index < -0.39 is 32.0 Å². The molecule has 184 valence electrons. The number of aromatic nitrogens is 2.